The topological polar surface area (TPSA) is 33.2 Å². The second-order valence-electron chi connectivity index (χ2n) is 4.19. The van der Waals surface area contributed by atoms with Crippen LogP contribution in [0.25, 0.3) is 0 Å². The highest BCUT2D eigenvalue weighted by Crippen LogP contribution is 2.25. The van der Waals surface area contributed by atoms with E-state index in [0.29, 0.717) is 11.4 Å². The molecule has 88 valence electrons. The summed E-state index contributed by atoms with van der Waals surface area (Å²) in [7, 11) is 0. The molecule has 0 fully saturated rings. The van der Waals surface area contributed by atoms with Crippen molar-refractivity contribution in [3.63, 3.8) is 0 Å². The molecule has 1 aromatic heterocycles. The Morgan fingerprint density at radius 3 is 3.00 bits per heavy atom. The smallest absolute Gasteiger partial charge is 0.191 e. The summed E-state index contributed by atoms with van der Waals surface area (Å²) in [6.07, 6.45) is 2.75. The minimum absolute atomic E-state index is 0.182. The fourth-order valence-corrected chi connectivity index (χ4v) is 3.19. The molecule has 2 rings (SSSR count). The molecule has 0 bridgehead atoms. The highest BCUT2D eigenvalue weighted by atomic mass is 32.1. The summed E-state index contributed by atoms with van der Waals surface area (Å²) < 4.78 is 0. The monoisotopic (exact) mass is 238 g/mol. The number of hydrogen-bond acceptors (Lipinski definition) is 4. The van der Waals surface area contributed by atoms with E-state index in [2.05, 4.69) is 16.8 Å². The summed E-state index contributed by atoms with van der Waals surface area (Å²) in [4.78, 5) is 19.8. The molecule has 0 saturated heterocycles. The minimum Gasteiger partial charge on any atom is -0.298 e. The zero-order valence-corrected chi connectivity index (χ0v) is 10.8. The number of ketones is 1. The van der Waals surface area contributed by atoms with Crippen LogP contribution in [0.3, 0.4) is 0 Å². The van der Waals surface area contributed by atoms with Gasteiger partial charge in [0.15, 0.2) is 10.8 Å². The molecule has 0 radical (unpaired) electrons. The van der Waals surface area contributed by atoms with Crippen LogP contribution in [-0.2, 0) is 13.0 Å². The van der Waals surface area contributed by atoms with E-state index < -0.39 is 0 Å². The summed E-state index contributed by atoms with van der Waals surface area (Å²) >= 11 is 1.60. The number of thiazole rings is 1. The maximum Gasteiger partial charge on any atom is 0.191 e. The Morgan fingerprint density at radius 1 is 1.50 bits per heavy atom. The highest BCUT2D eigenvalue weighted by molar-refractivity contribution is 7.13. The summed E-state index contributed by atoms with van der Waals surface area (Å²) in [5.41, 5.74) is 1.16. The second kappa shape index (κ2) is 5.06. The van der Waals surface area contributed by atoms with Gasteiger partial charge < -0.3 is 0 Å². The Morgan fingerprint density at radius 2 is 2.31 bits per heavy atom. The van der Waals surface area contributed by atoms with E-state index in [1.165, 1.54) is 11.3 Å². The number of fused-ring (bicyclic) bond motifs is 1. The number of rotatable bonds is 4. The van der Waals surface area contributed by atoms with Crippen molar-refractivity contribution in [2.75, 3.05) is 13.1 Å². The van der Waals surface area contributed by atoms with Crippen molar-refractivity contribution >= 4 is 17.1 Å². The van der Waals surface area contributed by atoms with Crippen molar-refractivity contribution in [3.8, 4) is 0 Å². The molecule has 1 aromatic rings. The van der Waals surface area contributed by atoms with Crippen molar-refractivity contribution in [2.45, 2.75) is 39.7 Å². The first-order valence-corrected chi connectivity index (χ1v) is 6.80. The predicted octanol–water partition coefficient (Wildman–Crippen LogP) is 2.50. The van der Waals surface area contributed by atoms with Gasteiger partial charge in [-0.25, -0.2) is 4.98 Å². The lowest BCUT2D eigenvalue weighted by Gasteiger charge is -2.25. The van der Waals surface area contributed by atoms with Crippen molar-refractivity contribution in [1.29, 1.82) is 0 Å². The van der Waals surface area contributed by atoms with Crippen LogP contribution in [0.2, 0.25) is 0 Å². The van der Waals surface area contributed by atoms with E-state index in [1.807, 2.05) is 6.92 Å². The first-order valence-electron chi connectivity index (χ1n) is 5.98. The first-order chi connectivity index (χ1) is 7.74. The van der Waals surface area contributed by atoms with E-state index in [1.54, 1.807) is 11.3 Å². The third kappa shape index (κ3) is 2.33. The van der Waals surface area contributed by atoms with Crippen molar-refractivity contribution in [3.05, 3.63) is 15.6 Å². The Balaban J connectivity index is 2.13. The average Bonchev–Trinajstić information content (AvgIpc) is 2.71. The van der Waals surface area contributed by atoms with Crippen LogP contribution >= 0.6 is 11.3 Å². The van der Waals surface area contributed by atoms with E-state index in [4.69, 9.17) is 0 Å². The molecule has 2 heterocycles. The van der Waals surface area contributed by atoms with Gasteiger partial charge in [0.25, 0.3) is 0 Å². The number of carbonyl (C=O) groups excluding carboxylic acids is 1. The van der Waals surface area contributed by atoms with Gasteiger partial charge in [0.2, 0.25) is 0 Å². The van der Waals surface area contributed by atoms with Gasteiger partial charge in [0.05, 0.1) is 5.69 Å². The van der Waals surface area contributed by atoms with E-state index >= 15 is 0 Å². The molecule has 0 spiro atoms. The summed E-state index contributed by atoms with van der Waals surface area (Å²) in [6, 6.07) is 0. The zero-order valence-electron chi connectivity index (χ0n) is 9.95. The zero-order chi connectivity index (χ0) is 11.5. The third-order valence-electron chi connectivity index (χ3n) is 2.91. The molecule has 0 N–H and O–H groups in total. The number of hydrogen-bond donors (Lipinski definition) is 0. The third-order valence-corrected chi connectivity index (χ3v) is 4.03. The van der Waals surface area contributed by atoms with E-state index in [-0.39, 0.29) is 5.78 Å². The quantitative estimate of drug-likeness (QED) is 0.756. The largest absolute Gasteiger partial charge is 0.298 e. The van der Waals surface area contributed by atoms with E-state index in [9.17, 15) is 4.79 Å². The van der Waals surface area contributed by atoms with Crippen LogP contribution in [0.1, 0.15) is 47.1 Å². The molecule has 0 aliphatic carbocycles. The minimum atomic E-state index is 0.182. The Bertz CT molecular complexity index is 386. The summed E-state index contributed by atoms with van der Waals surface area (Å²) in [6.45, 7) is 7.32. The molecule has 1 aliphatic rings. The molecule has 0 aromatic carbocycles. The van der Waals surface area contributed by atoms with Gasteiger partial charge in [0, 0.05) is 30.8 Å². The molecule has 3 nitrogen and oxygen atoms in total. The molecule has 0 amide bonds. The fraction of sp³-hybridized carbons (Fsp3) is 0.667. The average molecular weight is 238 g/mol. The first kappa shape index (κ1) is 11.7. The maximum absolute atomic E-state index is 11.6. The maximum atomic E-state index is 11.6. The lowest BCUT2D eigenvalue weighted by atomic mass is 10.2. The number of Topliss-reactive ketones (excluding diaryl/α,β-unsaturated/α-hetero) is 1. The predicted molar refractivity (Wildman–Crippen MR) is 66.0 cm³/mol. The van der Waals surface area contributed by atoms with Crippen molar-refractivity contribution in [1.82, 2.24) is 9.88 Å². The molecule has 4 heteroatoms. The van der Waals surface area contributed by atoms with Crippen LogP contribution in [0.4, 0.5) is 0 Å². The molecular formula is C12H18N2OS. The summed E-state index contributed by atoms with van der Waals surface area (Å²) in [5, 5.41) is 0.714. The van der Waals surface area contributed by atoms with Crippen LogP contribution in [0.15, 0.2) is 0 Å². The van der Waals surface area contributed by atoms with Gasteiger partial charge >= 0.3 is 0 Å². The van der Waals surface area contributed by atoms with Gasteiger partial charge in [-0.3, -0.25) is 9.69 Å². The second-order valence-corrected chi connectivity index (χ2v) is 5.28. The van der Waals surface area contributed by atoms with Gasteiger partial charge in [-0.05, 0) is 13.0 Å². The lowest BCUT2D eigenvalue weighted by molar-refractivity contribution is 0.0987. The SMILES string of the molecule is CCCN1CCc2nc(C(=O)CC)sc2C1. The van der Waals surface area contributed by atoms with Crippen LogP contribution in [0.5, 0.6) is 0 Å². The standard InChI is InChI=1S/C12H18N2OS/c1-3-6-14-7-5-9-11(8-14)16-12(13-9)10(15)4-2/h3-8H2,1-2H3. The molecule has 0 saturated carbocycles. The van der Waals surface area contributed by atoms with Crippen LogP contribution in [-0.4, -0.2) is 28.8 Å². The highest BCUT2D eigenvalue weighted by Gasteiger charge is 2.21. The summed E-state index contributed by atoms with van der Waals surface area (Å²) in [5.74, 6) is 0.182. The Labute approximate surface area is 100 Å². The van der Waals surface area contributed by atoms with Crippen LogP contribution in [0, 0.1) is 0 Å². The van der Waals surface area contributed by atoms with Crippen molar-refractivity contribution in [2.24, 2.45) is 0 Å². The Kier molecular flexibility index (Phi) is 3.71. The molecule has 1 aliphatic heterocycles. The normalized spacial score (nSPS) is 16.1. The van der Waals surface area contributed by atoms with Crippen LogP contribution < -0.4 is 0 Å². The molecular weight excluding hydrogens is 220 g/mol. The van der Waals surface area contributed by atoms with Gasteiger partial charge in [0.1, 0.15) is 0 Å². The molecule has 0 atom stereocenters. The number of nitrogens with zero attached hydrogens (tertiary/aromatic N) is 2. The van der Waals surface area contributed by atoms with E-state index in [0.717, 1.165) is 31.7 Å². The fourth-order valence-electron chi connectivity index (χ4n) is 2.03. The molecule has 16 heavy (non-hydrogen) atoms. The van der Waals surface area contributed by atoms with Crippen molar-refractivity contribution < 1.29 is 4.79 Å². The number of carbonyl (C=O) groups is 1. The van der Waals surface area contributed by atoms with Gasteiger partial charge in [-0.15, -0.1) is 11.3 Å². The molecule has 0 unspecified atom stereocenters. The van der Waals surface area contributed by atoms with Gasteiger partial charge in [-0.2, -0.15) is 0 Å². The van der Waals surface area contributed by atoms with Gasteiger partial charge in [-0.1, -0.05) is 13.8 Å². The number of aromatic nitrogens is 1. The lowest BCUT2D eigenvalue weighted by Crippen LogP contribution is -2.30. The Hall–Kier alpha value is -0.740.